The lowest BCUT2D eigenvalue weighted by atomic mass is 9.93. The maximum Gasteiger partial charge on any atom is 0.300 e. The Kier molecular flexibility index (Phi) is 4.88. The topological polar surface area (TPSA) is 78.8 Å². The molecule has 0 aliphatic carbocycles. The molecule has 1 aliphatic heterocycles. The molecule has 0 spiro atoms. The molecule has 0 radical (unpaired) electrons. The Morgan fingerprint density at radius 1 is 1.43 bits per heavy atom. The van der Waals surface area contributed by atoms with E-state index in [2.05, 4.69) is 39.3 Å². The third-order valence-corrected chi connectivity index (χ3v) is 5.40. The molecule has 7 heteroatoms. The van der Waals surface area contributed by atoms with Crippen LogP contribution in [0.15, 0.2) is 30.6 Å². The Morgan fingerprint density at radius 3 is 3.00 bits per heavy atom. The molecule has 7 nitrogen and oxygen atoms in total. The standard InChI is InChI=1S/C21H24N6O/c1-4-6-10-22-17-13-15-14-8-7-11-23-21(14)25-19(15)20(27(17)18(28)5-2)16-9-12-24-26(16)3/h2,7-9,11-12,17,20,22H,4,6,10,13H2,1,3H3,(H,23,25)/t17-,20+/m1/s1. The number of pyridine rings is 1. The Labute approximate surface area is 164 Å². The zero-order valence-electron chi connectivity index (χ0n) is 16.1. The second kappa shape index (κ2) is 7.49. The molecule has 0 aromatic carbocycles. The monoisotopic (exact) mass is 376 g/mol. The highest BCUT2D eigenvalue weighted by Crippen LogP contribution is 2.39. The Morgan fingerprint density at radius 2 is 2.29 bits per heavy atom. The van der Waals surface area contributed by atoms with Crippen molar-refractivity contribution in [3.05, 3.63) is 47.5 Å². The Balaban J connectivity index is 1.89. The smallest absolute Gasteiger partial charge is 0.300 e. The van der Waals surface area contributed by atoms with Gasteiger partial charge in [-0.3, -0.25) is 14.8 Å². The maximum absolute atomic E-state index is 12.8. The number of carbonyl (C=O) groups excluding carboxylic acids is 1. The van der Waals surface area contributed by atoms with Crippen LogP contribution >= 0.6 is 0 Å². The molecule has 0 fully saturated rings. The zero-order valence-corrected chi connectivity index (χ0v) is 16.1. The van der Waals surface area contributed by atoms with E-state index in [1.807, 2.05) is 19.2 Å². The number of aromatic amines is 1. The van der Waals surface area contributed by atoms with E-state index in [-0.39, 0.29) is 18.1 Å². The first-order valence-corrected chi connectivity index (χ1v) is 9.61. The van der Waals surface area contributed by atoms with Crippen LogP contribution < -0.4 is 5.32 Å². The fraction of sp³-hybridized carbons (Fsp3) is 0.381. The fourth-order valence-corrected chi connectivity index (χ4v) is 4.05. The van der Waals surface area contributed by atoms with Crippen LogP contribution in [0, 0.1) is 12.3 Å². The van der Waals surface area contributed by atoms with Gasteiger partial charge < -0.3 is 9.88 Å². The maximum atomic E-state index is 12.8. The number of unbranched alkanes of at least 4 members (excludes halogenated alkanes) is 1. The lowest BCUT2D eigenvalue weighted by molar-refractivity contribution is -0.130. The van der Waals surface area contributed by atoms with Crippen molar-refractivity contribution in [1.82, 2.24) is 30.0 Å². The number of carbonyl (C=O) groups is 1. The molecule has 28 heavy (non-hydrogen) atoms. The predicted octanol–water partition coefficient (Wildman–Crippen LogP) is 2.12. The summed E-state index contributed by atoms with van der Waals surface area (Å²) < 4.78 is 1.79. The first-order chi connectivity index (χ1) is 13.7. The second-order valence-corrected chi connectivity index (χ2v) is 7.08. The summed E-state index contributed by atoms with van der Waals surface area (Å²) >= 11 is 0. The normalized spacial score (nSPS) is 18.8. The number of H-pyrrole nitrogens is 1. The number of hydrogen-bond donors (Lipinski definition) is 2. The molecule has 144 valence electrons. The fourth-order valence-electron chi connectivity index (χ4n) is 4.05. The number of amides is 1. The molecule has 0 bridgehead atoms. The van der Waals surface area contributed by atoms with E-state index in [1.165, 1.54) is 5.56 Å². The van der Waals surface area contributed by atoms with E-state index in [1.54, 1.807) is 22.0 Å². The molecule has 4 heterocycles. The Hall–Kier alpha value is -3.11. The number of aryl methyl sites for hydroxylation is 1. The SMILES string of the molecule is C#CC(=O)N1[C@@H](c2ccnn2C)c2[nH]c3ncccc3c2C[C@@H]1NCCCC. The number of hydrogen-bond acceptors (Lipinski definition) is 4. The minimum atomic E-state index is -0.354. The molecule has 1 aliphatic rings. The van der Waals surface area contributed by atoms with Gasteiger partial charge in [0.2, 0.25) is 0 Å². The molecule has 1 amide bonds. The Bertz CT molecular complexity index is 1040. The summed E-state index contributed by atoms with van der Waals surface area (Å²) in [4.78, 5) is 22.5. The molecule has 0 saturated carbocycles. The van der Waals surface area contributed by atoms with E-state index in [0.29, 0.717) is 6.42 Å². The van der Waals surface area contributed by atoms with Gasteiger partial charge in [-0.05, 0) is 42.6 Å². The molecule has 2 atom stereocenters. The third-order valence-electron chi connectivity index (χ3n) is 5.40. The summed E-state index contributed by atoms with van der Waals surface area (Å²) in [5.74, 6) is 1.98. The highest BCUT2D eigenvalue weighted by Gasteiger charge is 2.41. The van der Waals surface area contributed by atoms with E-state index < -0.39 is 0 Å². The van der Waals surface area contributed by atoms with Gasteiger partial charge in [0.1, 0.15) is 11.7 Å². The van der Waals surface area contributed by atoms with E-state index in [0.717, 1.165) is 41.8 Å². The summed E-state index contributed by atoms with van der Waals surface area (Å²) in [5, 5.41) is 8.94. The third kappa shape index (κ3) is 2.96. The van der Waals surface area contributed by atoms with Gasteiger partial charge in [0, 0.05) is 36.9 Å². The van der Waals surface area contributed by atoms with Crippen LogP contribution in [0.5, 0.6) is 0 Å². The number of rotatable bonds is 5. The van der Waals surface area contributed by atoms with Crippen molar-refractivity contribution in [3.8, 4) is 12.3 Å². The highest BCUT2D eigenvalue weighted by molar-refractivity contribution is 5.94. The van der Waals surface area contributed by atoms with Crippen molar-refractivity contribution in [2.45, 2.75) is 38.4 Å². The van der Waals surface area contributed by atoms with E-state index in [9.17, 15) is 4.79 Å². The van der Waals surface area contributed by atoms with Crippen molar-refractivity contribution in [3.63, 3.8) is 0 Å². The van der Waals surface area contributed by atoms with Gasteiger partial charge in [0.15, 0.2) is 0 Å². The number of nitrogens with one attached hydrogen (secondary N) is 2. The minimum Gasteiger partial charge on any atom is -0.341 e. The average molecular weight is 376 g/mol. The lowest BCUT2D eigenvalue weighted by Crippen LogP contribution is -2.54. The van der Waals surface area contributed by atoms with Crippen molar-refractivity contribution in [2.24, 2.45) is 7.05 Å². The summed E-state index contributed by atoms with van der Waals surface area (Å²) in [6.07, 6.45) is 11.7. The quantitative estimate of drug-likeness (QED) is 0.528. The van der Waals surface area contributed by atoms with Gasteiger partial charge in [0.05, 0.1) is 11.9 Å². The average Bonchev–Trinajstić information content (AvgIpc) is 3.30. The molecular formula is C21H24N6O. The summed E-state index contributed by atoms with van der Waals surface area (Å²) in [6, 6.07) is 5.58. The molecule has 4 rings (SSSR count). The number of aromatic nitrogens is 4. The van der Waals surface area contributed by atoms with Crippen LogP contribution in [0.25, 0.3) is 11.0 Å². The van der Waals surface area contributed by atoms with Crippen molar-refractivity contribution in [2.75, 3.05) is 6.54 Å². The van der Waals surface area contributed by atoms with Crippen molar-refractivity contribution >= 4 is 16.9 Å². The minimum absolute atomic E-state index is 0.193. The van der Waals surface area contributed by atoms with Gasteiger partial charge in [-0.1, -0.05) is 13.3 Å². The first-order valence-electron chi connectivity index (χ1n) is 9.61. The van der Waals surface area contributed by atoms with Crippen molar-refractivity contribution in [1.29, 1.82) is 0 Å². The van der Waals surface area contributed by atoms with Crippen molar-refractivity contribution < 1.29 is 4.79 Å². The van der Waals surface area contributed by atoms with E-state index in [4.69, 9.17) is 6.42 Å². The zero-order chi connectivity index (χ0) is 19.7. The summed E-state index contributed by atoms with van der Waals surface area (Å²) in [5.41, 5.74) is 3.85. The van der Waals surface area contributed by atoms with Crippen LogP contribution in [0.1, 0.15) is 42.8 Å². The van der Waals surface area contributed by atoms with E-state index >= 15 is 0 Å². The van der Waals surface area contributed by atoms with Gasteiger partial charge in [-0.25, -0.2) is 4.98 Å². The molecule has 2 N–H and O–H groups in total. The molecule has 3 aromatic heterocycles. The van der Waals surface area contributed by atoms with Crippen LogP contribution in [-0.4, -0.2) is 43.3 Å². The van der Waals surface area contributed by atoms with Crippen LogP contribution in [0.3, 0.4) is 0 Å². The molecule has 0 unspecified atom stereocenters. The van der Waals surface area contributed by atoms with Gasteiger partial charge in [-0.15, -0.1) is 6.42 Å². The number of terminal acetylenes is 1. The number of fused-ring (bicyclic) bond motifs is 3. The van der Waals surface area contributed by atoms with Gasteiger partial charge in [0.25, 0.3) is 5.91 Å². The highest BCUT2D eigenvalue weighted by atomic mass is 16.2. The largest absolute Gasteiger partial charge is 0.341 e. The first kappa shape index (κ1) is 18.3. The lowest BCUT2D eigenvalue weighted by Gasteiger charge is -2.41. The summed E-state index contributed by atoms with van der Waals surface area (Å²) in [7, 11) is 1.88. The molecule has 0 saturated heterocycles. The van der Waals surface area contributed by atoms with Gasteiger partial charge >= 0.3 is 0 Å². The summed E-state index contributed by atoms with van der Waals surface area (Å²) in [6.45, 7) is 2.97. The van der Waals surface area contributed by atoms with Gasteiger partial charge in [-0.2, -0.15) is 5.10 Å². The predicted molar refractivity (Wildman–Crippen MR) is 107 cm³/mol. The molecular weight excluding hydrogens is 352 g/mol. The van der Waals surface area contributed by atoms with Crippen LogP contribution in [-0.2, 0) is 18.3 Å². The van der Waals surface area contributed by atoms with Crippen LogP contribution in [0.2, 0.25) is 0 Å². The number of nitrogens with zero attached hydrogens (tertiary/aromatic N) is 4. The second-order valence-electron chi connectivity index (χ2n) is 7.08. The molecule has 3 aromatic rings. The van der Waals surface area contributed by atoms with Crippen LogP contribution in [0.4, 0.5) is 0 Å².